The third-order valence-electron chi connectivity index (χ3n) is 2.95. The summed E-state index contributed by atoms with van der Waals surface area (Å²) < 4.78 is 13.6. The zero-order valence-electron chi connectivity index (χ0n) is 11.3. The van der Waals surface area contributed by atoms with Crippen LogP contribution < -0.4 is 0 Å². The highest BCUT2D eigenvalue weighted by Crippen LogP contribution is 2.18. The van der Waals surface area contributed by atoms with Gasteiger partial charge in [-0.3, -0.25) is 0 Å². The zero-order chi connectivity index (χ0) is 14.7. The van der Waals surface area contributed by atoms with E-state index in [1.54, 1.807) is 18.2 Å². The van der Waals surface area contributed by atoms with Crippen molar-refractivity contribution in [3.8, 4) is 0 Å². The van der Waals surface area contributed by atoms with Crippen molar-refractivity contribution in [3.05, 3.63) is 58.9 Å². The summed E-state index contributed by atoms with van der Waals surface area (Å²) in [7, 11) is 0. The number of aromatic carboxylic acids is 1. The van der Waals surface area contributed by atoms with E-state index in [4.69, 9.17) is 5.11 Å². The summed E-state index contributed by atoms with van der Waals surface area (Å²) in [5.41, 5.74) is 1.06. The van der Waals surface area contributed by atoms with Gasteiger partial charge in [0, 0.05) is 12.6 Å². The molecule has 1 aromatic heterocycles. The van der Waals surface area contributed by atoms with Gasteiger partial charge in [-0.05, 0) is 17.5 Å². The van der Waals surface area contributed by atoms with Gasteiger partial charge < -0.3 is 5.11 Å². The zero-order valence-corrected chi connectivity index (χ0v) is 11.3. The number of aromatic nitrogens is 2. The van der Waals surface area contributed by atoms with Crippen molar-refractivity contribution in [1.82, 2.24) is 9.97 Å². The minimum atomic E-state index is -1.05. The molecule has 5 heteroatoms. The number of hydrogen-bond donors (Lipinski definition) is 1. The molecule has 2 aromatic rings. The number of rotatable bonds is 4. The van der Waals surface area contributed by atoms with Crippen LogP contribution in [0.5, 0.6) is 0 Å². The van der Waals surface area contributed by atoms with Gasteiger partial charge in [-0.15, -0.1) is 0 Å². The van der Waals surface area contributed by atoms with Gasteiger partial charge in [0.25, 0.3) is 0 Å². The number of hydrogen-bond acceptors (Lipinski definition) is 3. The fourth-order valence-electron chi connectivity index (χ4n) is 1.94. The van der Waals surface area contributed by atoms with Gasteiger partial charge in [-0.25, -0.2) is 19.2 Å². The summed E-state index contributed by atoms with van der Waals surface area (Å²) >= 11 is 0. The third kappa shape index (κ3) is 2.99. The van der Waals surface area contributed by atoms with Crippen molar-refractivity contribution in [3.63, 3.8) is 0 Å². The Morgan fingerprint density at radius 1 is 1.35 bits per heavy atom. The molecule has 0 radical (unpaired) electrons. The van der Waals surface area contributed by atoms with Gasteiger partial charge in [0.15, 0.2) is 0 Å². The van der Waals surface area contributed by atoms with E-state index in [9.17, 15) is 9.18 Å². The monoisotopic (exact) mass is 274 g/mol. The topological polar surface area (TPSA) is 63.1 Å². The summed E-state index contributed by atoms with van der Waals surface area (Å²) in [6.07, 6.45) is 1.53. The van der Waals surface area contributed by atoms with E-state index in [2.05, 4.69) is 9.97 Å². The maximum absolute atomic E-state index is 13.6. The second kappa shape index (κ2) is 5.77. The van der Waals surface area contributed by atoms with Crippen LogP contribution in [0.4, 0.5) is 4.39 Å². The summed E-state index contributed by atoms with van der Waals surface area (Å²) in [5.74, 6) is -0.983. The molecule has 0 amide bonds. The molecule has 1 aromatic carbocycles. The molecule has 104 valence electrons. The van der Waals surface area contributed by atoms with Crippen molar-refractivity contribution >= 4 is 5.97 Å². The average Bonchev–Trinajstić information content (AvgIpc) is 2.41. The van der Waals surface area contributed by atoms with Crippen LogP contribution in [-0.2, 0) is 6.42 Å². The summed E-state index contributed by atoms with van der Waals surface area (Å²) in [6.45, 7) is 3.73. The Kier molecular flexibility index (Phi) is 4.08. The molecule has 1 heterocycles. The van der Waals surface area contributed by atoms with Crippen molar-refractivity contribution in [1.29, 1.82) is 0 Å². The van der Waals surface area contributed by atoms with E-state index in [-0.39, 0.29) is 23.7 Å². The smallest absolute Gasteiger partial charge is 0.339 e. The van der Waals surface area contributed by atoms with Crippen LogP contribution in [0.1, 0.15) is 47.2 Å². The fourth-order valence-corrected chi connectivity index (χ4v) is 1.94. The minimum Gasteiger partial charge on any atom is -0.478 e. The van der Waals surface area contributed by atoms with E-state index in [0.717, 1.165) is 0 Å². The van der Waals surface area contributed by atoms with Crippen LogP contribution in [0, 0.1) is 5.82 Å². The van der Waals surface area contributed by atoms with Crippen LogP contribution >= 0.6 is 0 Å². The Labute approximate surface area is 116 Å². The molecule has 0 atom stereocenters. The maximum Gasteiger partial charge on any atom is 0.339 e. The number of carboxylic acids is 1. The van der Waals surface area contributed by atoms with Gasteiger partial charge in [0.1, 0.15) is 11.6 Å². The number of nitrogens with zero attached hydrogens (tertiary/aromatic N) is 2. The molecule has 0 bridgehead atoms. The van der Waals surface area contributed by atoms with Gasteiger partial charge in [0.05, 0.1) is 11.3 Å². The minimum absolute atomic E-state index is 0.0385. The lowest BCUT2D eigenvalue weighted by Gasteiger charge is -2.10. The third-order valence-corrected chi connectivity index (χ3v) is 2.95. The highest BCUT2D eigenvalue weighted by molar-refractivity contribution is 5.88. The predicted octanol–water partition coefficient (Wildman–Crippen LogP) is 3.03. The molecular formula is C15H15FN2O2. The summed E-state index contributed by atoms with van der Waals surface area (Å²) in [4.78, 5) is 19.4. The molecule has 0 aliphatic rings. The van der Waals surface area contributed by atoms with Crippen LogP contribution in [0.15, 0.2) is 30.5 Å². The Morgan fingerprint density at radius 3 is 2.65 bits per heavy atom. The molecule has 0 fully saturated rings. The van der Waals surface area contributed by atoms with Crippen LogP contribution in [0.2, 0.25) is 0 Å². The Hall–Kier alpha value is -2.30. The van der Waals surface area contributed by atoms with E-state index in [1.807, 2.05) is 13.8 Å². The van der Waals surface area contributed by atoms with Gasteiger partial charge >= 0.3 is 5.97 Å². The van der Waals surface area contributed by atoms with Crippen LogP contribution in [0.3, 0.4) is 0 Å². The Balaban J connectivity index is 2.37. The van der Waals surface area contributed by atoms with E-state index in [0.29, 0.717) is 17.1 Å². The molecule has 0 aliphatic heterocycles. The molecule has 20 heavy (non-hydrogen) atoms. The quantitative estimate of drug-likeness (QED) is 0.930. The second-order valence-corrected chi connectivity index (χ2v) is 4.81. The second-order valence-electron chi connectivity index (χ2n) is 4.81. The first-order valence-electron chi connectivity index (χ1n) is 6.31. The van der Waals surface area contributed by atoms with Crippen molar-refractivity contribution in [2.75, 3.05) is 0 Å². The predicted molar refractivity (Wildman–Crippen MR) is 72.3 cm³/mol. The number of benzene rings is 1. The lowest BCUT2D eigenvalue weighted by Crippen LogP contribution is -2.11. The molecule has 2 rings (SSSR count). The highest BCUT2D eigenvalue weighted by Gasteiger charge is 2.16. The molecule has 0 saturated heterocycles. The van der Waals surface area contributed by atoms with E-state index in [1.165, 1.54) is 12.3 Å². The van der Waals surface area contributed by atoms with Gasteiger partial charge in [0.2, 0.25) is 0 Å². The summed E-state index contributed by atoms with van der Waals surface area (Å²) in [5, 5.41) is 9.10. The first-order chi connectivity index (χ1) is 9.49. The molecule has 1 N–H and O–H groups in total. The Morgan fingerprint density at radius 2 is 2.05 bits per heavy atom. The normalized spacial score (nSPS) is 10.8. The lowest BCUT2D eigenvalue weighted by molar-refractivity contribution is 0.0694. The highest BCUT2D eigenvalue weighted by atomic mass is 19.1. The largest absolute Gasteiger partial charge is 0.478 e. The molecule has 0 unspecified atom stereocenters. The average molecular weight is 274 g/mol. The lowest BCUT2D eigenvalue weighted by atomic mass is 10.0. The summed E-state index contributed by atoms with van der Waals surface area (Å²) in [6, 6.07) is 6.41. The first kappa shape index (κ1) is 14.1. The van der Waals surface area contributed by atoms with Gasteiger partial charge in [-0.2, -0.15) is 0 Å². The van der Waals surface area contributed by atoms with E-state index < -0.39 is 5.97 Å². The number of halogens is 1. The molecule has 0 aliphatic carbocycles. The first-order valence-corrected chi connectivity index (χ1v) is 6.31. The SMILES string of the molecule is CC(C)c1nc(Cc2ccccc2F)ncc1C(=O)O. The van der Waals surface area contributed by atoms with E-state index >= 15 is 0 Å². The van der Waals surface area contributed by atoms with Crippen molar-refractivity contribution in [2.45, 2.75) is 26.2 Å². The fraction of sp³-hybridized carbons (Fsp3) is 0.267. The van der Waals surface area contributed by atoms with Crippen LogP contribution in [0.25, 0.3) is 0 Å². The Bertz CT molecular complexity index is 642. The molecular weight excluding hydrogens is 259 g/mol. The van der Waals surface area contributed by atoms with Crippen LogP contribution in [-0.4, -0.2) is 21.0 Å². The standard InChI is InChI=1S/C15H15FN2O2/c1-9(2)14-11(15(19)20)8-17-13(18-14)7-10-5-3-4-6-12(10)16/h3-6,8-9H,7H2,1-2H3,(H,19,20). The maximum atomic E-state index is 13.6. The van der Waals surface area contributed by atoms with Crippen molar-refractivity contribution in [2.24, 2.45) is 0 Å². The number of carbonyl (C=O) groups is 1. The number of carboxylic acid groups (broad SMARTS) is 1. The van der Waals surface area contributed by atoms with Gasteiger partial charge in [-0.1, -0.05) is 32.0 Å². The molecule has 0 spiro atoms. The van der Waals surface area contributed by atoms with Crippen molar-refractivity contribution < 1.29 is 14.3 Å². The molecule has 4 nitrogen and oxygen atoms in total. The molecule has 0 saturated carbocycles.